The number of benzene rings is 1. The Morgan fingerprint density at radius 1 is 1.40 bits per heavy atom. The third-order valence-electron chi connectivity index (χ3n) is 1.93. The lowest BCUT2D eigenvalue weighted by Crippen LogP contribution is -2.28. The minimum absolute atomic E-state index is 0.0835. The molecule has 1 aromatic carbocycles. The summed E-state index contributed by atoms with van der Waals surface area (Å²) in [7, 11) is 1.21. The Balaban J connectivity index is 3.23. The summed E-state index contributed by atoms with van der Waals surface area (Å²) in [4.78, 5) is 0. The van der Waals surface area contributed by atoms with Crippen LogP contribution in [-0.2, 0) is 0 Å². The Bertz CT molecular complexity index is 352. The summed E-state index contributed by atoms with van der Waals surface area (Å²) >= 11 is 0. The Hall–Kier alpha value is -1.43. The summed E-state index contributed by atoms with van der Waals surface area (Å²) in [5.41, 5.74) is 4.53. The van der Waals surface area contributed by atoms with Crippen molar-refractivity contribution in [2.75, 3.05) is 7.11 Å². The summed E-state index contributed by atoms with van der Waals surface area (Å²) in [5.74, 6) is -0.612. The zero-order valence-corrected chi connectivity index (χ0v) is 7.88. The van der Waals surface area contributed by atoms with Crippen LogP contribution < -0.4 is 10.5 Å². The lowest BCUT2D eigenvalue weighted by Gasteiger charge is -2.19. The molecule has 1 rings (SSSR count). The molecule has 0 spiro atoms. The van der Waals surface area contributed by atoms with Gasteiger partial charge in [-0.15, -0.1) is 0 Å². The van der Waals surface area contributed by atoms with Crippen molar-refractivity contribution in [2.24, 2.45) is 5.73 Å². The molecule has 0 amide bonds. The van der Waals surface area contributed by atoms with Gasteiger partial charge < -0.3 is 15.6 Å². The van der Waals surface area contributed by atoms with E-state index < -0.39 is 23.5 Å². The Labute approximate surface area is 84.3 Å². The normalized spacial score (nSPS) is 13.7. The number of hydrogen-bond donors (Lipinski definition) is 2. The van der Waals surface area contributed by atoms with Crippen molar-refractivity contribution < 1.29 is 23.0 Å². The second-order valence-corrected chi connectivity index (χ2v) is 2.91. The number of ether oxygens (including phenoxy) is 1. The van der Waals surface area contributed by atoms with E-state index in [-0.39, 0.29) is 5.75 Å². The van der Waals surface area contributed by atoms with Crippen LogP contribution in [0.15, 0.2) is 18.2 Å². The number of alkyl halides is 3. The minimum Gasteiger partial charge on any atom is -0.507 e. The van der Waals surface area contributed by atoms with E-state index in [1.54, 1.807) is 0 Å². The second kappa shape index (κ2) is 3.98. The van der Waals surface area contributed by atoms with Crippen molar-refractivity contribution in [1.82, 2.24) is 0 Å². The highest BCUT2D eigenvalue weighted by molar-refractivity contribution is 5.46. The molecule has 84 valence electrons. The average Bonchev–Trinajstić information content (AvgIpc) is 2.15. The van der Waals surface area contributed by atoms with Crippen LogP contribution in [-0.4, -0.2) is 18.4 Å². The molecule has 3 N–H and O–H groups in total. The van der Waals surface area contributed by atoms with Crippen molar-refractivity contribution in [3.05, 3.63) is 23.8 Å². The summed E-state index contributed by atoms with van der Waals surface area (Å²) < 4.78 is 41.7. The smallest absolute Gasteiger partial charge is 0.407 e. The van der Waals surface area contributed by atoms with Gasteiger partial charge in [-0.25, -0.2) is 0 Å². The molecule has 1 atom stereocenters. The number of hydrogen-bond acceptors (Lipinski definition) is 3. The van der Waals surface area contributed by atoms with Gasteiger partial charge in [0.05, 0.1) is 12.7 Å². The van der Waals surface area contributed by atoms with Gasteiger partial charge in [0.15, 0.2) is 0 Å². The zero-order valence-electron chi connectivity index (χ0n) is 7.88. The van der Waals surface area contributed by atoms with E-state index in [4.69, 9.17) is 10.5 Å². The van der Waals surface area contributed by atoms with Crippen LogP contribution >= 0.6 is 0 Å². The number of methoxy groups -OCH3 is 1. The number of phenolic OH excluding ortho intramolecular Hbond substituents is 1. The molecule has 3 nitrogen and oxygen atoms in total. The Kier molecular flexibility index (Phi) is 3.09. The Morgan fingerprint density at radius 2 is 2.00 bits per heavy atom. The number of nitrogens with two attached hydrogens (primary N) is 1. The predicted molar refractivity (Wildman–Crippen MR) is 47.6 cm³/mol. The molecule has 6 heteroatoms. The first-order chi connectivity index (χ1) is 6.88. The van der Waals surface area contributed by atoms with Gasteiger partial charge in [0, 0.05) is 0 Å². The topological polar surface area (TPSA) is 55.5 Å². The Morgan fingerprint density at radius 3 is 2.47 bits per heavy atom. The van der Waals surface area contributed by atoms with Crippen LogP contribution in [0, 0.1) is 0 Å². The maximum Gasteiger partial charge on any atom is 0.407 e. The van der Waals surface area contributed by atoms with Crippen LogP contribution in [0.5, 0.6) is 11.5 Å². The molecule has 0 saturated heterocycles. The molecule has 0 aliphatic heterocycles. The monoisotopic (exact) mass is 221 g/mol. The van der Waals surface area contributed by atoms with Crippen molar-refractivity contribution in [1.29, 1.82) is 0 Å². The molecule has 0 fully saturated rings. The molecule has 15 heavy (non-hydrogen) atoms. The van der Waals surface area contributed by atoms with Gasteiger partial charge in [-0.05, 0) is 12.1 Å². The molecule has 0 bridgehead atoms. The maximum absolute atomic E-state index is 12.3. The fraction of sp³-hybridized carbons (Fsp3) is 0.333. The van der Waals surface area contributed by atoms with E-state index in [1.165, 1.54) is 19.2 Å². The van der Waals surface area contributed by atoms with Crippen molar-refractivity contribution in [2.45, 2.75) is 12.2 Å². The summed E-state index contributed by atoms with van der Waals surface area (Å²) in [6, 6.07) is 1.55. The molecule has 0 aliphatic carbocycles. The standard InChI is InChI=1S/C9H10F3NO2/c1-15-6-4-2-3-5(14)7(6)8(13)9(10,11)12/h2-4,8,14H,13H2,1H3/t8-/m0/s1. The molecular formula is C9H10F3NO2. The fourth-order valence-corrected chi connectivity index (χ4v) is 1.19. The maximum atomic E-state index is 12.3. The van der Waals surface area contributed by atoms with E-state index in [2.05, 4.69) is 0 Å². The van der Waals surface area contributed by atoms with Gasteiger partial charge in [0.2, 0.25) is 0 Å². The van der Waals surface area contributed by atoms with Crippen molar-refractivity contribution in [3.8, 4) is 11.5 Å². The van der Waals surface area contributed by atoms with Gasteiger partial charge >= 0.3 is 6.18 Å². The lowest BCUT2D eigenvalue weighted by atomic mass is 10.0. The molecule has 0 heterocycles. The van der Waals surface area contributed by atoms with E-state index in [0.717, 1.165) is 6.07 Å². The summed E-state index contributed by atoms with van der Waals surface area (Å²) in [6.45, 7) is 0. The highest BCUT2D eigenvalue weighted by Crippen LogP contribution is 2.39. The van der Waals surface area contributed by atoms with Crippen molar-refractivity contribution in [3.63, 3.8) is 0 Å². The van der Waals surface area contributed by atoms with E-state index in [1.807, 2.05) is 0 Å². The third-order valence-corrected chi connectivity index (χ3v) is 1.93. The molecule has 0 unspecified atom stereocenters. The molecule has 0 aromatic heterocycles. The molecule has 0 saturated carbocycles. The fourth-order valence-electron chi connectivity index (χ4n) is 1.19. The number of rotatable bonds is 2. The third kappa shape index (κ3) is 2.33. The van der Waals surface area contributed by atoms with Crippen LogP contribution in [0.1, 0.15) is 11.6 Å². The summed E-state index contributed by atoms with van der Waals surface area (Å²) in [5, 5.41) is 9.30. The van der Waals surface area contributed by atoms with Gasteiger partial charge in [-0.3, -0.25) is 0 Å². The molecular weight excluding hydrogens is 211 g/mol. The molecule has 0 aliphatic rings. The highest BCUT2D eigenvalue weighted by atomic mass is 19.4. The van der Waals surface area contributed by atoms with Crippen LogP contribution in [0.3, 0.4) is 0 Å². The highest BCUT2D eigenvalue weighted by Gasteiger charge is 2.40. The van der Waals surface area contributed by atoms with E-state index >= 15 is 0 Å². The quantitative estimate of drug-likeness (QED) is 0.802. The van der Waals surface area contributed by atoms with Crippen LogP contribution in [0.2, 0.25) is 0 Å². The largest absolute Gasteiger partial charge is 0.507 e. The SMILES string of the molecule is COc1cccc(O)c1[C@H](N)C(F)(F)F. The first-order valence-corrected chi connectivity index (χ1v) is 4.06. The van der Waals surface area contributed by atoms with E-state index in [9.17, 15) is 18.3 Å². The first-order valence-electron chi connectivity index (χ1n) is 4.06. The van der Waals surface area contributed by atoms with Gasteiger partial charge in [-0.2, -0.15) is 13.2 Å². The number of halogens is 3. The minimum atomic E-state index is -4.62. The number of phenols is 1. The van der Waals surface area contributed by atoms with E-state index in [0.29, 0.717) is 0 Å². The first kappa shape index (κ1) is 11.6. The second-order valence-electron chi connectivity index (χ2n) is 2.91. The van der Waals surface area contributed by atoms with Gasteiger partial charge in [0.25, 0.3) is 0 Å². The molecule has 0 radical (unpaired) electrons. The molecule has 1 aromatic rings. The van der Waals surface area contributed by atoms with Crippen LogP contribution in [0.25, 0.3) is 0 Å². The van der Waals surface area contributed by atoms with Crippen LogP contribution in [0.4, 0.5) is 13.2 Å². The van der Waals surface area contributed by atoms with Gasteiger partial charge in [-0.1, -0.05) is 6.07 Å². The van der Waals surface area contributed by atoms with Gasteiger partial charge in [0.1, 0.15) is 17.5 Å². The zero-order chi connectivity index (χ0) is 11.6. The lowest BCUT2D eigenvalue weighted by molar-refractivity contribution is -0.149. The van der Waals surface area contributed by atoms with Crippen molar-refractivity contribution >= 4 is 0 Å². The summed E-state index contributed by atoms with van der Waals surface area (Å²) in [6.07, 6.45) is -4.62. The number of aromatic hydroxyl groups is 1. The predicted octanol–water partition coefficient (Wildman–Crippen LogP) is 1.96. The average molecular weight is 221 g/mol.